The number of unbranched alkanes of at least 4 members (excludes halogenated alkanes) is 56. The van der Waals surface area contributed by atoms with Crippen LogP contribution in [0.25, 0.3) is 0 Å². The normalized spacial score (nSPS) is 13.8. The standard InChI is InChI=1S/C87H170O17P2/c1-7-9-11-13-15-17-19-21-22-23-27-30-33-40-46-52-58-64-70-85(90)98-76-83(103-86(91)71-65-59-53-47-41-34-31-28-25-24-26-29-32-37-43-49-55-61-67-79(3)4)78-102-106(95,96)100-74-81(88)73-99-105(93,94)101-77-82(75-97-84(89)69-63-57-51-45-39-20-18-16-14-12-10-8-2)104-87(92)72-66-60-54-48-42-36-35-38-44-50-56-62-68-80(5)6/h79-83,88H,7-78H2,1-6H3,(H,93,94)(H,95,96)/t81-,82+,83+/m0/s1. The molecular weight excluding hydrogens is 1380 g/mol. The number of phosphoric acid groups is 2. The molecule has 0 saturated carbocycles. The lowest BCUT2D eigenvalue weighted by Gasteiger charge is -2.21. The molecule has 0 amide bonds. The molecule has 3 N–H and O–H groups in total. The Hall–Kier alpha value is -1.94. The summed E-state index contributed by atoms with van der Waals surface area (Å²) in [4.78, 5) is 73.3. The highest BCUT2D eigenvalue weighted by Crippen LogP contribution is 2.45. The first kappa shape index (κ1) is 104. The lowest BCUT2D eigenvalue weighted by atomic mass is 10.0. The number of hydrogen-bond acceptors (Lipinski definition) is 15. The average molecular weight is 1550 g/mol. The van der Waals surface area contributed by atoms with Crippen LogP contribution in [0.2, 0.25) is 0 Å². The monoisotopic (exact) mass is 1550 g/mol. The molecule has 0 fully saturated rings. The van der Waals surface area contributed by atoms with Crippen molar-refractivity contribution in [2.24, 2.45) is 11.8 Å². The van der Waals surface area contributed by atoms with Gasteiger partial charge in [-0.3, -0.25) is 37.3 Å². The largest absolute Gasteiger partial charge is 0.472 e. The molecule has 2 unspecified atom stereocenters. The Labute approximate surface area is 651 Å². The van der Waals surface area contributed by atoms with Gasteiger partial charge in [0.25, 0.3) is 0 Å². The first-order valence-electron chi connectivity index (χ1n) is 45.0. The molecule has 0 aliphatic heterocycles. The number of carbonyl (C=O) groups excluding carboxylic acids is 4. The minimum atomic E-state index is -4.97. The zero-order chi connectivity index (χ0) is 77.8. The number of esters is 4. The van der Waals surface area contributed by atoms with Crippen molar-refractivity contribution in [1.82, 2.24) is 0 Å². The van der Waals surface area contributed by atoms with Gasteiger partial charge in [0.05, 0.1) is 26.4 Å². The average Bonchev–Trinajstić information content (AvgIpc) is 0.906. The zero-order valence-corrected chi connectivity index (χ0v) is 71.5. The molecule has 0 aromatic heterocycles. The number of phosphoric ester groups is 2. The van der Waals surface area contributed by atoms with Crippen molar-refractivity contribution in [2.75, 3.05) is 39.6 Å². The van der Waals surface area contributed by atoms with Crippen molar-refractivity contribution in [3.05, 3.63) is 0 Å². The lowest BCUT2D eigenvalue weighted by molar-refractivity contribution is -0.161. The van der Waals surface area contributed by atoms with E-state index < -0.39 is 97.5 Å². The van der Waals surface area contributed by atoms with E-state index in [0.29, 0.717) is 25.7 Å². The smallest absolute Gasteiger partial charge is 0.462 e. The van der Waals surface area contributed by atoms with Gasteiger partial charge in [-0.05, 0) is 37.5 Å². The Morgan fingerprint density at radius 2 is 0.434 bits per heavy atom. The van der Waals surface area contributed by atoms with E-state index in [1.165, 1.54) is 283 Å². The maximum absolute atomic E-state index is 13.2. The van der Waals surface area contributed by atoms with E-state index in [1.54, 1.807) is 0 Å². The first-order chi connectivity index (χ1) is 51.4. The number of ether oxygens (including phenoxy) is 4. The highest BCUT2D eigenvalue weighted by atomic mass is 31.2. The number of rotatable bonds is 86. The second kappa shape index (κ2) is 78.3. The number of aliphatic hydroxyl groups is 1. The maximum Gasteiger partial charge on any atom is 0.472 e. The van der Waals surface area contributed by atoms with Crippen LogP contribution in [-0.4, -0.2) is 96.7 Å². The van der Waals surface area contributed by atoms with E-state index in [1.807, 2.05) is 0 Å². The summed E-state index contributed by atoms with van der Waals surface area (Å²) in [7, 11) is -9.93. The molecule has 0 saturated heterocycles. The maximum atomic E-state index is 13.2. The van der Waals surface area contributed by atoms with Gasteiger partial charge in [0, 0.05) is 25.7 Å². The summed E-state index contributed by atoms with van der Waals surface area (Å²) in [5, 5.41) is 10.7. The third-order valence-corrected chi connectivity index (χ3v) is 22.4. The van der Waals surface area contributed by atoms with E-state index in [4.69, 9.17) is 37.0 Å². The van der Waals surface area contributed by atoms with Crippen molar-refractivity contribution >= 4 is 39.5 Å². The van der Waals surface area contributed by atoms with E-state index >= 15 is 0 Å². The quantitative estimate of drug-likeness (QED) is 0.0222. The molecule has 0 spiro atoms. The van der Waals surface area contributed by atoms with Crippen LogP contribution in [0.3, 0.4) is 0 Å². The van der Waals surface area contributed by atoms with Gasteiger partial charge in [-0.2, -0.15) is 0 Å². The van der Waals surface area contributed by atoms with E-state index in [9.17, 15) is 43.2 Å². The van der Waals surface area contributed by atoms with Gasteiger partial charge >= 0.3 is 39.5 Å². The van der Waals surface area contributed by atoms with Crippen LogP contribution in [0.1, 0.15) is 465 Å². The second-order valence-electron chi connectivity index (χ2n) is 32.2. The molecule has 5 atom stereocenters. The molecule has 0 rings (SSSR count). The van der Waals surface area contributed by atoms with Gasteiger partial charge in [-0.15, -0.1) is 0 Å². The van der Waals surface area contributed by atoms with Gasteiger partial charge in [0.15, 0.2) is 12.2 Å². The SMILES string of the molecule is CCCCCCCCCCCCCCCCCCCCC(=O)OC[C@H](COP(=O)(O)OC[C@@H](O)COP(=O)(O)OC[C@@H](COC(=O)CCCCCCCCCCCCCC)OC(=O)CCCCCCCCCCCCCCC(C)C)OC(=O)CCCCCCCCCCCCCCCCCCCCC(C)C. The van der Waals surface area contributed by atoms with E-state index in [2.05, 4.69) is 41.5 Å². The Bertz CT molecular complexity index is 2030. The molecule has 17 nitrogen and oxygen atoms in total. The predicted octanol–water partition coefficient (Wildman–Crippen LogP) is 26.6. The summed E-state index contributed by atoms with van der Waals surface area (Å²) >= 11 is 0. The van der Waals surface area contributed by atoms with Crippen molar-refractivity contribution in [3.63, 3.8) is 0 Å². The van der Waals surface area contributed by atoms with E-state index in [0.717, 1.165) is 102 Å². The van der Waals surface area contributed by atoms with Crippen LogP contribution in [0.4, 0.5) is 0 Å². The Morgan fingerprint density at radius 3 is 0.642 bits per heavy atom. The summed E-state index contributed by atoms with van der Waals surface area (Å²) in [5.41, 5.74) is 0. The minimum Gasteiger partial charge on any atom is -0.462 e. The van der Waals surface area contributed by atoms with Crippen LogP contribution in [0, 0.1) is 11.8 Å². The molecule has 630 valence electrons. The fourth-order valence-electron chi connectivity index (χ4n) is 13.6. The molecule has 0 aliphatic rings. The van der Waals surface area contributed by atoms with Crippen molar-refractivity contribution in [3.8, 4) is 0 Å². The summed E-state index contributed by atoms with van der Waals surface area (Å²) in [5.74, 6) is -0.502. The van der Waals surface area contributed by atoms with Gasteiger partial charge in [-0.1, -0.05) is 414 Å². The summed E-state index contributed by atoms with van der Waals surface area (Å²) in [6.07, 6.45) is 70.7. The molecule has 0 aromatic carbocycles. The van der Waals surface area contributed by atoms with Crippen LogP contribution in [-0.2, 0) is 65.4 Å². The van der Waals surface area contributed by atoms with Crippen LogP contribution in [0.15, 0.2) is 0 Å². The fourth-order valence-corrected chi connectivity index (χ4v) is 15.2. The highest BCUT2D eigenvalue weighted by molar-refractivity contribution is 7.47. The molecule has 0 aromatic rings. The third kappa shape index (κ3) is 80.1. The van der Waals surface area contributed by atoms with Crippen molar-refractivity contribution in [2.45, 2.75) is 484 Å². The highest BCUT2D eigenvalue weighted by Gasteiger charge is 2.30. The Balaban J connectivity index is 5.25. The van der Waals surface area contributed by atoms with Crippen molar-refractivity contribution < 1.29 is 80.2 Å². The molecule has 106 heavy (non-hydrogen) atoms. The van der Waals surface area contributed by atoms with Gasteiger partial charge < -0.3 is 33.8 Å². The molecular formula is C87H170O17P2. The number of carbonyl (C=O) groups is 4. The molecule has 0 heterocycles. The summed E-state index contributed by atoms with van der Waals surface area (Å²) in [6, 6.07) is 0. The van der Waals surface area contributed by atoms with Gasteiger partial charge in [-0.25, -0.2) is 9.13 Å². The van der Waals surface area contributed by atoms with Crippen LogP contribution in [0.5, 0.6) is 0 Å². The number of hydrogen-bond donors (Lipinski definition) is 3. The van der Waals surface area contributed by atoms with Gasteiger partial charge in [0.2, 0.25) is 0 Å². The third-order valence-electron chi connectivity index (χ3n) is 20.5. The molecule has 19 heteroatoms. The Kier molecular flexibility index (Phi) is 76.9. The summed E-state index contributed by atoms with van der Waals surface area (Å²) < 4.78 is 68.9. The van der Waals surface area contributed by atoms with E-state index in [-0.39, 0.29) is 25.7 Å². The van der Waals surface area contributed by atoms with Gasteiger partial charge in [0.1, 0.15) is 19.3 Å². The molecule has 0 aliphatic carbocycles. The molecule has 0 bridgehead atoms. The minimum absolute atomic E-state index is 0.108. The zero-order valence-electron chi connectivity index (χ0n) is 69.7. The lowest BCUT2D eigenvalue weighted by Crippen LogP contribution is -2.30. The van der Waals surface area contributed by atoms with Crippen LogP contribution >= 0.6 is 15.6 Å². The first-order valence-corrected chi connectivity index (χ1v) is 48.0. The topological polar surface area (TPSA) is 237 Å². The second-order valence-corrected chi connectivity index (χ2v) is 35.1. The number of aliphatic hydroxyl groups excluding tert-OH is 1. The Morgan fingerprint density at radius 1 is 0.255 bits per heavy atom. The summed E-state index contributed by atoms with van der Waals surface area (Å²) in [6.45, 7) is 9.73. The fraction of sp³-hybridized carbons (Fsp3) is 0.954. The van der Waals surface area contributed by atoms with Crippen LogP contribution < -0.4 is 0 Å². The predicted molar refractivity (Wildman–Crippen MR) is 437 cm³/mol. The molecule has 0 radical (unpaired) electrons. The van der Waals surface area contributed by atoms with Crippen molar-refractivity contribution in [1.29, 1.82) is 0 Å².